The lowest BCUT2D eigenvalue weighted by atomic mass is 10.2. The Balaban J connectivity index is 3.94. The van der Waals surface area contributed by atoms with Crippen molar-refractivity contribution in [2.45, 2.75) is 0 Å². The van der Waals surface area contributed by atoms with Crippen LogP contribution >= 0.6 is 0 Å². The standard InChI is InChI=1S/C6H2F2N4O6/c7-1-4(10(13)14)2(8)6(12(17)18)3(9)5(1)11(15)16/h9H2. The van der Waals surface area contributed by atoms with Crippen molar-refractivity contribution >= 4 is 22.7 Å². The lowest BCUT2D eigenvalue weighted by molar-refractivity contribution is -0.409. The molecule has 0 spiro atoms. The largest absolute Gasteiger partial charge is 0.387 e. The highest BCUT2D eigenvalue weighted by atomic mass is 19.1. The SMILES string of the molecule is Nc1c([N+](=O)[O-])c(F)c([N+](=O)[O-])c(F)c1[N+](=O)[O-]. The van der Waals surface area contributed by atoms with Crippen molar-refractivity contribution in [3.05, 3.63) is 42.0 Å². The van der Waals surface area contributed by atoms with Crippen molar-refractivity contribution in [3.63, 3.8) is 0 Å². The highest BCUT2D eigenvalue weighted by Crippen LogP contribution is 2.42. The van der Waals surface area contributed by atoms with Crippen molar-refractivity contribution in [2.24, 2.45) is 0 Å². The summed E-state index contributed by atoms with van der Waals surface area (Å²) in [6, 6.07) is 0. The average molecular weight is 264 g/mol. The van der Waals surface area contributed by atoms with Gasteiger partial charge in [0.25, 0.3) is 11.6 Å². The Labute approximate surface area is 95.1 Å². The van der Waals surface area contributed by atoms with Crippen LogP contribution in [-0.4, -0.2) is 14.8 Å². The molecule has 1 rings (SSSR count). The molecule has 0 saturated carbocycles. The van der Waals surface area contributed by atoms with Gasteiger partial charge in [-0.25, -0.2) is 0 Å². The predicted octanol–water partition coefficient (Wildman–Crippen LogP) is 1.27. The number of anilines is 1. The van der Waals surface area contributed by atoms with Gasteiger partial charge in [0.1, 0.15) is 0 Å². The Morgan fingerprint density at radius 1 is 0.778 bits per heavy atom. The van der Waals surface area contributed by atoms with Gasteiger partial charge in [0.2, 0.25) is 0 Å². The number of nitro groups is 3. The van der Waals surface area contributed by atoms with E-state index in [1.165, 1.54) is 0 Å². The van der Waals surface area contributed by atoms with Crippen LogP contribution in [0.2, 0.25) is 0 Å². The first-order valence-corrected chi connectivity index (χ1v) is 3.93. The molecule has 0 aromatic heterocycles. The summed E-state index contributed by atoms with van der Waals surface area (Å²) in [7, 11) is 0. The fraction of sp³-hybridized carbons (Fsp3) is 0. The van der Waals surface area contributed by atoms with E-state index in [1.807, 2.05) is 0 Å². The third-order valence-corrected chi connectivity index (χ3v) is 1.89. The number of nitrogen functional groups attached to an aromatic ring is 1. The molecule has 0 saturated heterocycles. The molecule has 0 atom stereocenters. The first-order chi connectivity index (χ1) is 8.20. The summed E-state index contributed by atoms with van der Waals surface area (Å²) in [6.07, 6.45) is 0. The van der Waals surface area contributed by atoms with Crippen LogP contribution in [0.15, 0.2) is 0 Å². The number of nitrogens with zero attached hydrogens (tertiary/aromatic N) is 3. The molecule has 0 aliphatic heterocycles. The zero-order valence-electron chi connectivity index (χ0n) is 8.12. The van der Waals surface area contributed by atoms with E-state index in [9.17, 15) is 39.1 Å². The summed E-state index contributed by atoms with van der Waals surface area (Å²) in [5.74, 6) is -4.35. The summed E-state index contributed by atoms with van der Waals surface area (Å²) in [5, 5.41) is 31.2. The fourth-order valence-corrected chi connectivity index (χ4v) is 1.19. The molecule has 0 amide bonds. The van der Waals surface area contributed by atoms with Crippen LogP contribution in [0.25, 0.3) is 0 Å². The Bertz CT molecular complexity index is 486. The second-order valence-corrected chi connectivity index (χ2v) is 2.86. The van der Waals surface area contributed by atoms with Crippen molar-refractivity contribution < 1.29 is 23.6 Å². The maximum absolute atomic E-state index is 13.3. The zero-order chi connectivity index (χ0) is 14.2. The molecule has 0 radical (unpaired) electrons. The van der Waals surface area contributed by atoms with Crippen LogP contribution in [0.3, 0.4) is 0 Å². The number of rotatable bonds is 3. The van der Waals surface area contributed by atoms with E-state index in [-0.39, 0.29) is 0 Å². The molecule has 0 fully saturated rings. The van der Waals surface area contributed by atoms with Crippen molar-refractivity contribution in [2.75, 3.05) is 5.73 Å². The van der Waals surface area contributed by atoms with E-state index in [4.69, 9.17) is 5.73 Å². The predicted molar refractivity (Wildman–Crippen MR) is 50.7 cm³/mol. The molecule has 0 heterocycles. The Morgan fingerprint density at radius 2 is 1.06 bits per heavy atom. The minimum Gasteiger partial charge on any atom is -0.387 e. The van der Waals surface area contributed by atoms with Gasteiger partial charge in [0.05, 0.1) is 14.8 Å². The number of halogens is 2. The van der Waals surface area contributed by atoms with Crippen LogP contribution in [0.5, 0.6) is 0 Å². The number of hydrogen-bond acceptors (Lipinski definition) is 7. The van der Waals surface area contributed by atoms with Gasteiger partial charge >= 0.3 is 17.1 Å². The maximum atomic E-state index is 13.3. The van der Waals surface area contributed by atoms with Crippen molar-refractivity contribution in [1.29, 1.82) is 0 Å². The molecule has 1 aromatic carbocycles. The van der Waals surface area contributed by atoms with Crippen LogP contribution in [-0.2, 0) is 0 Å². The first kappa shape index (κ1) is 13.1. The molecule has 0 unspecified atom stereocenters. The van der Waals surface area contributed by atoms with E-state index in [0.29, 0.717) is 0 Å². The number of hydrogen-bond donors (Lipinski definition) is 1. The number of nitrogens with two attached hydrogens (primary N) is 1. The molecule has 1 aromatic rings. The maximum Gasteiger partial charge on any atom is 0.354 e. The second kappa shape index (κ2) is 4.15. The molecule has 96 valence electrons. The normalized spacial score (nSPS) is 10.1. The van der Waals surface area contributed by atoms with Crippen LogP contribution in [0.1, 0.15) is 0 Å². The van der Waals surface area contributed by atoms with Gasteiger partial charge in [-0.3, -0.25) is 30.3 Å². The van der Waals surface area contributed by atoms with Gasteiger partial charge < -0.3 is 5.73 Å². The van der Waals surface area contributed by atoms with E-state index in [2.05, 4.69) is 0 Å². The monoisotopic (exact) mass is 264 g/mol. The van der Waals surface area contributed by atoms with Crippen LogP contribution in [0.4, 0.5) is 31.5 Å². The molecule has 18 heavy (non-hydrogen) atoms. The van der Waals surface area contributed by atoms with Gasteiger partial charge in [-0.15, -0.1) is 0 Å². The molecule has 2 N–H and O–H groups in total. The Kier molecular flexibility index (Phi) is 3.03. The average Bonchev–Trinajstić information content (AvgIpc) is 2.14. The quantitative estimate of drug-likeness (QED) is 0.489. The third kappa shape index (κ3) is 1.74. The van der Waals surface area contributed by atoms with E-state index < -0.39 is 49.2 Å². The van der Waals surface area contributed by atoms with Crippen molar-refractivity contribution in [1.82, 2.24) is 0 Å². The molecule has 0 aliphatic rings. The van der Waals surface area contributed by atoms with E-state index in [1.54, 1.807) is 0 Å². The molecule has 0 bridgehead atoms. The molecular weight excluding hydrogens is 262 g/mol. The van der Waals surface area contributed by atoms with E-state index in [0.717, 1.165) is 0 Å². The lowest BCUT2D eigenvalue weighted by Crippen LogP contribution is -2.09. The van der Waals surface area contributed by atoms with Gasteiger partial charge in [-0.1, -0.05) is 0 Å². The van der Waals surface area contributed by atoms with Crippen molar-refractivity contribution in [3.8, 4) is 0 Å². The third-order valence-electron chi connectivity index (χ3n) is 1.89. The minimum atomic E-state index is -2.18. The topological polar surface area (TPSA) is 155 Å². The highest BCUT2D eigenvalue weighted by Gasteiger charge is 2.42. The summed E-state index contributed by atoms with van der Waals surface area (Å²) in [5.41, 5.74) is -1.98. The Hall–Kier alpha value is -2.92. The van der Waals surface area contributed by atoms with Crippen LogP contribution < -0.4 is 5.73 Å². The fourth-order valence-electron chi connectivity index (χ4n) is 1.19. The lowest BCUT2D eigenvalue weighted by Gasteiger charge is -2.02. The second-order valence-electron chi connectivity index (χ2n) is 2.86. The first-order valence-electron chi connectivity index (χ1n) is 3.93. The molecule has 10 nitrogen and oxygen atoms in total. The molecule has 12 heteroatoms. The molecule has 0 aliphatic carbocycles. The minimum absolute atomic E-state index is 1.43. The highest BCUT2D eigenvalue weighted by molar-refractivity contribution is 5.76. The summed E-state index contributed by atoms with van der Waals surface area (Å²) >= 11 is 0. The summed E-state index contributed by atoms with van der Waals surface area (Å²) in [6.45, 7) is 0. The number of nitro benzene ring substituents is 3. The van der Waals surface area contributed by atoms with E-state index >= 15 is 0 Å². The zero-order valence-corrected chi connectivity index (χ0v) is 8.12. The molecular formula is C6H2F2N4O6. The van der Waals surface area contributed by atoms with Gasteiger partial charge in [-0.05, 0) is 0 Å². The smallest absolute Gasteiger partial charge is 0.354 e. The number of benzene rings is 1. The summed E-state index contributed by atoms with van der Waals surface area (Å²) in [4.78, 5) is 26.5. The Morgan fingerprint density at radius 3 is 1.28 bits per heavy atom. The van der Waals surface area contributed by atoms with Gasteiger partial charge in [0, 0.05) is 0 Å². The summed E-state index contributed by atoms with van der Waals surface area (Å²) < 4.78 is 26.6. The van der Waals surface area contributed by atoms with Gasteiger partial charge in [0.15, 0.2) is 5.69 Å². The van der Waals surface area contributed by atoms with Gasteiger partial charge in [-0.2, -0.15) is 8.78 Å². The van der Waals surface area contributed by atoms with Crippen LogP contribution in [0, 0.1) is 42.0 Å².